The molecule has 0 aliphatic rings. The van der Waals surface area contributed by atoms with Gasteiger partial charge in [-0.05, 0) is 24.6 Å². The molecular formula is C11H15NO4. The van der Waals surface area contributed by atoms with Crippen molar-refractivity contribution in [1.82, 2.24) is 5.32 Å². The number of hydrogen-bond acceptors (Lipinski definition) is 4. The molecule has 0 radical (unpaired) electrons. The lowest BCUT2D eigenvalue weighted by atomic mass is 10.1. The van der Waals surface area contributed by atoms with E-state index < -0.39 is 12.0 Å². The quantitative estimate of drug-likeness (QED) is 0.565. The lowest BCUT2D eigenvalue weighted by molar-refractivity contribution is 0.0911. The van der Waals surface area contributed by atoms with E-state index in [0.29, 0.717) is 6.42 Å². The monoisotopic (exact) mass is 225 g/mol. The van der Waals surface area contributed by atoms with Gasteiger partial charge in [0, 0.05) is 6.54 Å². The number of nitrogens with one attached hydrogen (secondary N) is 1. The van der Waals surface area contributed by atoms with Crippen molar-refractivity contribution < 1.29 is 20.1 Å². The van der Waals surface area contributed by atoms with Gasteiger partial charge in [0.2, 0.25) is 0 Å². The summed E-state index contributed by atoms with van der Waals surface area (Å²) < 4.78 is 0. The highest BCUT2D eigenvalue weighted by atomic mass is 16.3. The summed E-state index contributed by atoms with van der Waals surface area (Å²) in [7, 11) is 0. The highest BCUT2D eigenvalue weighted by molar-refractivity contribution is 5.97. The molecule has 1 amide bonds. The van der Waals surface area contributed by atoms with Gasteiger partial charge in [0.25, 0.3) is 5.91 Å². The van der Waals surface area contributed by atoms with E-state index in [1.165, 1.54) is 18.2 Å². The van der Waals surface area contributed by atoms with Crippen LogP contribution in [0.15, 0.2) is 18.2 Å². The largest absolute Gasteiger partial charge is 0.508 e. The van der Waals surface area contributed by atoms with Crippen molar-refractivity contribution in [2.24, 2.45) is 0 Å². The number of rotatable bonds is 4. The number of carbonyl (C=O) groups excluding carboxylic acids is 1. The van der Waals surface area contributed by atoms with Crippen molar-refractivity contribution >= 4 is 5.91 Å². The minimum Gasteiger partial charge on any atom is -0.508 e. The Morgan fingerprint density at radius 1 is 1.44 bits per heavy atom. The Hall–Kier alpha value is -1.75. The maximum absolute atomic E-state index is 11.5. The molecule has 0 fully saturated rings. The molecule has 0 heterocycles. The van der Waals surface area contributed by atoms with Crippen LogP contribution in [0.1, 0.15) is 23.7 Å². The first kappa shape index (κ1) is 12.3. The van der Waals surface area contributed by atoms with Crippen LogP contribution in [0.2, 0.25) is 0 Å². The molecule has 0 aromatic heterocycles. The van der Waals surface area contributed by atoms with E-state index in [1.807, 2.05) is 0 Å². The first-order valence-electron chi connectivity index (χ1n) is 5.02. The Kier molecular flexibility index (Phi) is 4.13. The summed E-state index contributed by atoms with van der Waals surface area (Å²) in [4.78, 5) is 11.5. The van der Waals surface area contributed by atoms with Gasteiger partial charge in [-0.2, -0.15) is 0 Å². The second-order valence-electron chi connectivity index (χ2n) is 3.47. The molecule has 1 rings (SSSR count). The van der Waals surface area contributed by atoms with Crippen molar-refractivity contribution in [2.75, 3.05) is 6.54 Å². The summed E-state index contributed by atoms with van der Waals surface area (Å²) >= 11 is 0. The summed E-state index contributed by atoms with van der Waals surface area (Å²) in [5.41, 5.74) is -0.0108. The van der Waals surface area contributed by atoms with Crippen molar-refractivity contribution in [1.29, 1.82) is 0 Å². The van der Waals surface area contributed by atoms with E-state index in [-0.39, 0.29) is 23.6 Å². The third kappa shape index (κ3) is 3.13. The maximum atomic E-state index is 11.5. The van der Waals surface area contributed by atoms with Crippen LogP contribution in [-0.4, -0.2) is 33.9 Å². The molecule has 0 aliphatic heterocycles. The van der Waals surface area contributed by atoms with Crippen molar-refractivity contribution in [2.45, 2.75) is 19.4 Å². The standard InChI is InChI=1S/C11H15NO4/c1-2-7(13)6-12-11(16)9-5-8(14)3-4-10(9)15/h3-5,7,13-15H,2,6H2,1H3,(H,12,16). The third-order valence-electron chi connectivity index (χ3n) is 2.19. The molecule has 0 saturated carbocycles. The summed E-state index contributed by atoms with van der Waals surface area (Å²) in [5.74, 6) is -0.832. The average molecular weight is 225 g/mol. The van der Waals surface area contributed by atoms with Crippen LogP contribution in [0.5, 0.6) is 11.5 Å². The molecule has 1 aromatic carbocycles. The van der Waals surface area contributed by atoms with E-state index in [9.17, 15) is 15.0 Å². The van der Waals surface area contributed by atoms with E-state index in [0.717, 1.165) is 0 Å². The Labute approximate surface area is 93.4 Å². The Bertz CT molecular complexity index is 378. The first-order chi connectivity index (χ1) is 7.54. The molecule has 88 valence electrons. The van der Waals surface area contributed by atoms with E-state index >= 15 is 0 Å². The van der Waals surface area contributed by atoms with Gasteiger partial charge in [-0.25, -0.2) is 0 Å². The zero-order valence-corrected chi connectivity index (χ0v) is 8.97. The normalized spacial score (nSPS) is 12.1. The molecule has 0 spiro atoms. The van der Waals surface area contributed by atoms with Gasteiger partial charge in [0.05, 0.1) is 11.7 Å². The van der Waals surface area contributed by atoms with E-state index in [2.05, 4.69) is 5.32 Å². The molecule has 1 aromatic rings. The molecule has 0 saturated heterocycles. The summed E-state index contributed by atoms with van der Waals surface area (Å²) in [6.45, 7) is 1.91. The number of aliphatic hydroxyl groups excluding tert-OH is 1. The van der Waals surface area contributed by atoms with E-state index in [4.69, 9.17) is 5.11 Å². The van der Waals surface area contributed by atoms with Crippen molar-refractivity contribution in [3.8, 4) is 11.5 Å². The predicted octanol–water partition coefficient (Wildman–Crippen LogP) is 0.599. The van der Waals surface area contributed by atoms with Crippen molar-refractivity contribution in [3.05, 3.63) is 23.8 Å². The molecule has 0 bridgehead atoms. The molecule has 4 N–H and O–H groups in total. The maximum Gasteiger partial charge on any atom is 0.255 e. The van der Waals surface area contributed by atoms with Crippen molar-refractivity contribution in [3.63, 3.8) is 0 Å². The fourth-order valence-corrected chi connectivity index (χ4v) is 1.16. The zero-order valence-electron chi connectivity index (χ0n) is 8.97. The number of carbonyl (C=O) groups is 1. The Balaban J connectivity index is 2.69. The average Bonchev–Trinajstić information content (AvgIpc) is 2.28. The minimum atomic E-state index is -0.608. The highest BCUT2D eigenvalue weighted by Gasteiger charge is 2.12. The lowest BCUT2D eigenvalue weighted by Gasteiger charge is -2.10. The van der Waals surface area contributed by atoms with Gasteiger partial charge in [0.1, 0.15) is 11.5 Å². The Morgan fingerprint density at radius 2 is 2.12 bits per heavy atom. The number of aliphatic hydroxyl groups is 1. The van der Waals surface area contributed by atoms with Crippen LogP contribution in [0.25, 0.3) is 0 Å². The number of phenols is 2. The van der Waals surface area contributed by atoms with Gasteiger partial charge in [-0.3, -0.25) is 4.79 Å². The second kappa shape index (κ2) is 5.37. The Morgan fingerprint density at radius 3 is 2.75 bits per heavy atom. The van der Waals surface area contributed by atoms with Gasteiger partial charge in [-0.15, -0.1) is 0 Å². The van der Waals surface area contributed by atoms with Crippen LogP contribution in [0, 0.1) is 0 Å². The fraction of sp³-hybridized carbons (Fsp3) is 0.364. The molecule has 0 aliphatic carbocycles. The number of aromatic hydroxyl groups is 2. The van der Waals surface area contributed by atoms with Gasteiger partial charge >= 0.3 is 0 Å². The molecule has 1 unspecified atom stereocenters. The lowest BCUT2D eigenvalue weighted by Crippen LogP contribution is -2.31. The SMILES string of the molecule is CCC(O)CNC(=O)c1cc(O)ccc1O. The molecule has 1 atom stereocenters. The van der Waals surface area contributed by atoms with Crippen LogP contribution in [0.3, 0.4) is 0 Å². The predicted molar refractivity (Wildman–Crippen MR) is 58.4 cm³/mol. The number of phenolic OH excluding ortho intramolecular Hbond substituents is 2. The summed E-state index contributed by atoms with van der Waals surface area (Å²) in [6, 6.07) is 3.69. The number of benzene rings is 1. The fourth-order valence-electron chi connectivity index (χ4n) is 1.16. The number of hydrogen-bond donors (Lipinski definition) is 4. The summed E-state index contributed by atoms with van der Waals surface area (Å²) in [5, 5.41) is 30.3. The molecule has 5 nitrogen and oxygen atoms in total. The molecule has 5 heteroatoms. The highest BCUT2D eigenvalue weighted by Crippen LogP contribution is 2.21. The van der Waals surface area contributed by atoms with Crippen LogP contribution < -0.4 is 5.32 Å². The smallest absolute Gasteiger partial charge is 0.255 e. The van der Waals surface area contributed by atoms with Crippen LogP contribution >= 0.6 is 0 Å². The number of amides is 1. The van der Waals surface area contributed by atoms with Gasteiger partial charge < -0.3 is 20.6 Å². The third-order valence-corrected chi connectivity index (χ3v) is 2.19. The van der Waals surface area contributed by atoms with Gasteiger partial charge in [-0.1, -0.05) is 6.92 Å². The summed E-state index contributed by atoms with van der Waals surface area (Å²) in [6.07, 6.45) is -0.0739. The minimum absolute atomic E-state index is 0.0108. The first-order valence-corrected chi connectivity index (χ1v) is 5.02. The molecule has 16 heavy (non-hydrogen) atoms. The van der Waals surface area contributed by atoms with Crippen LogP contribution in [0.4, 0.5) is 0 Å². The van der Waals surface area contributed by atoms with E-state index in [1.54, 1.807) is 6.92 Å². The van der Waals surface area contributed by atoms with Crippen LogP contribution in [-0.2, 0) is 0 Å². The molecular weight excluding hydrogens is 210 g/mol. The second-order valence-corrected chi connectivity index (χ2v) is 3.47. The zero-order chi connectivity index (χ0) is 12.1. The topological polar surface area (TPSA) is 89.8 Å². The van der Waals surface area contributed by atoms with Gasteiger partial charge in [0.15, 0.2) is 0 Å².